The van der Waals surface area contributed by atoms with Crippen molar-refractivity contribution in [3.05, 3.63) is 102 Å². The molecule has 1 amide bonds. The fourth-order valence-electron chi connectivity index (χ4n) is 2.56. The molecule has 0 saturated heterocycles. The van der Waals surface area contributed by atoms with Crippen LogP contribution in [0.5, 0.6) is 0 Å². The van der Waals surface area contributed by atoms with Gasteiger partial charge in [-0.3, -0.25) is 9.78 Å². The molecule has 9 heteroatoms. The van der Waals surface area contributed by atoms with Gasteiger partial charge in [-0.1, -0.05) is 30.3 Å². The van der Waals surface area contributed by atoms with Crippen LogP contribution in [-0.4, -0.2) is 27.8 Å². The van der Waals surface area contributed by atoms with Crippen LogP contribution >= 0.6 is 0 Å². The highest BCUT2D eigenvalue weighted by atomic mass is 19.4. The van der Waals surface area contributed by atoms with Crippen molar-refractivity contribution in [1.82, 2.24) is 15.3 Å². The Morgan fingerprint density at radius 2 is 1.77 bits per heavy atom. The first-order chi connectivity index (χ1) is 14.8. The number of rotatable bonds is 7. The summed E-state index contributed by atoms with van der Waals surface area (Å²) in [6.45, 7) is 0.317. The summed E-state index contributed by atoms with van der Waals surface area (Å²) in [5.74, 6) is -0.505. The number of alkyl halides is 3. The molecule has 3 N–H and O–H groups in total. The van der Waals surface area contributed by atoms with E-state index in [0.717, 1.165) is 5.56 Å². The summed E-state index contributed by atoms with van der Waals surface area (Å²) >= 11 is 0. The van der Waals surface area contributed by atoms with Gasteiger partial charge in [-0.05, 0) is 35.9 Å². The van der Waals surface area contributed by atoms with Crippen LogP contribution in [0.1, 0.15) is 21.5 Å². The molecule has 0 bridgehead atoms. The average Bonchev–Trinajstić information content (AvgIpc) is 2.78. The quantitative estimate of drug-likeness (QED) is 0.492. The average molecular weight is 425 g/mol. The van der Waals surface area contributed by atoms with E-state index in [1.165, 1.54) is 42.9 Å². The second kappa shape index (κ2) is 9.66. The van der Waals surface area contributed by atoms with Gasteiger partial charge in [0.25, 0.3) is 5.91 Å². The number of nitrogens with one attached hydrogen (secondary N) is 3. The number of carbonyl (C=O) groups is 1. The first-order valence-corrected chi connectivity index (χ1v) is 9.16. The van der Waals surface area contributed by atoms with Gasteiger partial charge in [-0.25, -0.2) is 4.98 Å². The highest BCUT2D eigenvalue weighted by Crippen LogP contribution is 2.27. The minimum atomic E-state index is -4.73. The SMILES string of the molecule is N=C(/C=C(\Nc1ccc(C(=O)NCc2ccccc2)cn1)C(F)(F)F)c1cccnc1. The molecule has 0 radical (unpaired) electrons. The van der Waals surface area contributed by atoms with E-state index in [9.17, 15) is 18.0 Å². The third kappa shape index (κ3) is 6.23. The largest absolute Gasteiger partial charge is 0.431 e. The van der Waals surface area contributed by atoms with Crippen molar-refractivity contribution in [2.45, 2.75) is 12.7 Å². The minimum Gasteiger partial charge on any atom is -0.348 e. The number of hydrogen-bond donors (Lipinski definition) is 3. The maximum absolute atomic E-state index is 13.4. The minimum absolute atomic E-state index is 0.109. The molecule has 3 rings (SSSR count). The van der Waals surface area contributed by atoms with E-state index in [4.69, 9.17) is 5.41 Å². The third-order valence-electron chi connectivity index (χ3n) is 4.15. The molecule has 0 unspecified atom stereocenters. The van der Waals surface area contributed by atoms with Crippen LogP contribution in [0.3, 0.4) is 0 Å². The second-order valence-corrected chi connectivity index (χ2v) is 6.44. The molecule has 0 aliphatic rings. The van der Waals surface area contributed by atoms with Gasteiger partial charge in [0.1, 0.15) is 11.5 Å². The smallest absolute Gasteiger partial charge is 0.348 e. The number of anilines is 1. The van der Waals surface area contributed by atoms with E-state index < -0.39 is 17.8 Å². The van der Waals surface area contributed by atoms with E-state index in [-0.39, 0.29) is 22.7 Å². The molecule has 2 aromatic heterocycles. The number of allylic oxidation sites excluding steroid dienone is 2. The van der Waals surface area contributed by atoms with E-state index in [1.54, 1.807) is 0 Å². The molecule has 0 fully saturated rings. The molecule has 0 saturated carbocycles. The molecule has 0 aliphatic carbocycles. The molecule has 0 atom stereocenters. The second-order valence-electron chi connectivity index (χ2n) is 6.44. The molecular formula is C22H18F3N5O. The van der Waals surface area contributed by atoms with Crippen molar-refractivity contribution in [2.24, 2.45) is 0 Å². The van der Waals surface area contributed by atoms with Crippen molar-refractivity contribution >= 4 is 17.4 Å². The molecule has 0 spiro atoms. The number of carbonyl (C=O) groups excluding carboxylic acids is 1. The molecule has 2 heterocycles. The standard InChI is InChI=1S/C22H18F3N5O/c23-22(24,25)19(11-18(26)16-7-4-10-27-13-16)30-20-9-8-17(14-28-20)21(31)29-12-15-5-2-1-3-6-15/h1-11,13-14,26H,12H2,(H,28,30)(H,29,31)/b19-11-,26-18?. The first kappa shape index (κ1) is 21.7. The Hall–Kier alpha value is -4.01. The van der Waals surface area contributed by atoms with Crippen LogP contribution in [0.15, 0.2) is 85.0 Å². The predicted molar refractivity (Wildman–Crippen MR) is 111 cm³/mol. The van der Waals surface area contributed by atoms with Crippen LogP contribution in [0.2, 0.25) is 0 Å². The van der Waals surface area contributed by atoms with Gasteiger partial charge in [0, 0.05) is 30.7 Å². The zero-order chi connectivity index (χ0) is 22.3. The Balaban J connectivity index is 1.69. The fourth-order valence-corrected chi connectivity index (χ4v) is 2.56. The molecule has 6 nitrogen and oxygen atoms in total. The van der Waals surface area contributed by atoms with E-state index in [2.05, 4.69) is 20.6 Å². The monoisotopic (exact) mass is 425 g/mol. The summed E-state index contributed by atoms with van der Waals surface area (Å²) in [6.07, 6.45) is -0.122. The van der Waals surface area contributed by atoms with Gasteiger partial charge < -0.3 is 16.0 Å². The maximum atomic E-state index is 13.4. The van der Waals surface area contributed by atoms with E-state index in [1.807, 2.05) is 30.3 Å². The lowest BCUT2D eigenvalue weighted by atomic mass is 10.1. The van der Waals surface area contributed by atoms with E-state index in [0.29, 0.717) is 12.6 Å². The van der Waals surface area contributed by atoms with Crippen LogP contribution in [0.4, 0.5) is 19.0 Å². The first-order valence-electron chi connectivity index (χ1n) is 9.16. The highest BCUT2D eigenvalue weighted by molar-refractivity contribution is 6.07. The zero-order valence-electron chi connectivity index (χ0n) is 16.1. The Kier molecular flexibility index (Phi) is 6.76. The number of amides is 1. The van der Waals surface area contributed by atoms with Crippen molar-refractivity contribution in [3.63, 3.8) is 0 Å². The van der Waals surface area contributed by atoms with Crippen LogP contribution < -0.4 is 10.6 Å². The van der Waals surface area contributed by atoms with Gasteiger partial charge >= 0.3 is 6.18 Å². The van der Waals surface area contributed by atoms with Crippen molar-refractivity contribution < 1.29 is 18.0 Å². The molecule has 0 aliphatic heterocycles. The molecule has 158 valence electrons. The summed E-state index contributed by atoms with van der Waals surface area (Å²) in [6, 6.07) is 14.9. The van der Waals surface area contributed by atoms with Gasteiger partial charge in [0.2, 0.25) is 0 Å². The Labute approximate surface area is 176 Å². The predicted octanol–water partition coefficient (Wildman–Crippen LogP) is 4.33. The molecule has 1 aromatic carbocycles. The highest BCUT2D eigenvalue weighted by Gasteiger charge is 2.34. The Morgan fingerprint density at radius 3 is 2.39 bits per heavy atom. The number of hydrogen-bond acceptors (Lipinski definition) is 5. The van der Waals surface area contributed by atoms with E-state index >= 15 is 0 Å². The normalized spacial score (nSPS) is 11.6. The van der Waals surface area contributed by atoms with Crippen molar-refractivity contribution in [3.8, 4) is 0 Å². The van der Waals surface area contributed by atoms with Crippen LogP contribution in [-0.2, 0) is 6.54 Å². The number of halogens is 3. The van der Waals surface area contributed by atoms with Crippen molar-refractivity contribution in [1.29, 1.82) is 5.41 Å². The summed E-state index contributed by atoms with van der Waals surface area (Å²) < 4.78 is 40.2. The zero-order valence-corrected chi connectivity index (χ0v) is 16.1. The van der Waals surface area contributed by atoms with Crippen LogP contribution in [0.25, 0.3) is 0 Å². The number of aromatic nitrogens is 2. The topological polar surface area (TPSA) is 90.8 Å². The maximum Gasteiger partial charge on any atom is 0.431 e. The summed E-state index contributed by atoms with van der Waals surface area (Å²) in [5.41, 5.74) is -0.148. The Bertz CT molecular complexity index is 1070. The van der Waals surface area contributed by atoms with Gasteiger partial charge in [0.15, 0.2) is 0 Å². The lowest BCUT2D eigenvalue weighted by Crippen LogP contribution is -2.23. The van der Waals surface area contributed by atoms with Crippen molar-refractivity contribution in [2.75, 3.05) is 5.32 Å². The van der Waals surface area contributed by atoms with Gasteiger partial charge in [-0.2, -0.15) is 13.2 Å². The van der Waals surface area contributed by atoms with Gasteiger partial charge in [-0.15, -0.1) is 0 Å². The number of pyridine rings is 2. The molecule has 3 aromatic rings. The van der Waals surface area contributed by atoms with Crippen LogP contribution in [0, 0.1) is 5.41 Å². The third-order valence-corrected chi connectivity index (χ3v) is 4.15. The number of benzene rings is 1. The summed E-state index contributed by atoms with van der Waals surface area (Å²) in [4.78, 5) is 19.9. The fraction of sp³-hybridized carbons (Fsp3) is 0.0909. The molecular weight excluding hydrogens is 407 g/mol. The lowest BCUT2D eigenvalue weighted by Gasteiger charge is -2.14. The lowest BCUT2D eigenvalue weighted by molar-refractivity contribution is -0.0901. The summed E-state index contributed by atoms with van der Waals surface area (Å²) in [5, 5.41) is 12.8. The van der Waals surface area contributed by atoms with Gasteiger partial charge in [0.05, 0.1) is 11.3 Å². The molecule has 31 heavy (non-hydrogen) atoms. The summed E-state index contributed by atoms with van der Waals surface area (Å²) in [7, 11) is 0. The Morgan fingerprint density at radius 1 is 1.00 bits per heavy atom. The number of nitrogens with zero attached hydrogens (tertiary/aromatic N) is 2.